The minimum atomic E-state index is -1.40. The highest BCUT2D eigenvalue weighted by Gasteiger charge is 2.71. The van der Waals surface area contributed by atoms with Crippen molar-refractivity contribution in [3.8, 4) is 11.5 Å². The molecule has 0 saturated heterocycles. The number of hydrogen-bond donors (Lipinski definition) is 4. The van der Waals surface area contributed by atoms with Gasteiger partial charge in [0, 0.05) is 11.5 Å². The molecule has 0 bridgehead atoms. The molecule has 0 amide bonds. The molecule has 28 heavy (non-hydrogen) atoms. The van der Waals surface area contributed by atoms with Crippen LogP contribution in [-0.2, 0) is 4.74 Å². The van der Waals surface area contributed by atoms with Gasteiger partial charge in [0.1, 0.15) is 28.8 Å². The number of aryl methyl sites for hydroxylation is 1. The van der Waals surface area contributed by atoms with Crippen LogP contribution in [0.2, 0.25) is 0 Å². The number of phenols is 2. The number of fused-ring (bicyclic) bond motifs is 3. The Kier molecular flexibility index (Phi) is 4.28. The Morgan fingerprint density at radius 1 is 1.29 bits per heavy atom. The molecule has 1 aromatic carbocycles. The molecule has 2 fully saturated rings. The smallest absolute Gasteiger partial charge is 0.342 e. The number of carbonyl (C=O) groups excluding carboxylic acids is 1. The first-order chi connectivity index (χ1) is 13.1. The molecular weight excluding hydrogens is 360 g/mol. The fraction of sp³-hybridized carbons (Fsp3) is 0.591. The molecule has 0 aliphatic heterocycles. The highest BCUT2D eigenvalue weighted by Crippen LogP contribution is 2.67. The van der Waals surface area contributed by atoms with Crippen molar-refractivity contribution < 1.29 is 30.0 Å². The summed E-state index contributed by atoms with van der Waals surface area (Å²) in [6.07, 6.45) is 3.77. The van der Waals surface area contributed by atoms with Crippen molar-refractivity contribution in [2.45, 2.75) is 51.7 Å². The normalized spacial score (nSPS) is 38.8. The second-order valence-electron chi connectivity index (χ2n) is 9.14. The lowest BCUT2D eigenvalue weighted by molar-refractivity contribution is -0.249. The summed E-state index contributed by atoms with van der Waals surface area (Å²) >= 11 is 0. The number of aliphatic hydroxyl groups excluding tert-OH is 1. The maximum Gasteiger partial charge on any atom is 0.342 e. The van der Waals surface area contributed by atoms with Crippen LogP contribution >= 0.6 is 0 Å². The Hall–Kier alpha value is -2.05. The fourth-order valence-corrected chi connectivity index (χ4v) is 6.07. The SMILES string of the molecule is Cc1cc(O)cc(O)c1C(=O)O[C@@H]1C[C@]2(C)C3C[C@H](C)C[C@H]3C=C(CO)[C@]12O. The molecule has 0 heterocycles. The number of benzene rings is 1. The van der Waals surface area contributed by atoms with E-state index in [-0.39, 0.29) is 23.7 Å². The number of esters is 1. The molecule has 6 nitrogen and oxygen atoms in total. The second kappa shape index (κ2) is 6.22. The molecular formula is C22H28O6. The lowest BCUT2D eigenvalue weighted by Crippen LogP contribution is -2.73. The number of carbonyl (C=O) groups is 1. The highest BCUT2D eigenvalue weighted by molar-refractivity contribution is 5.94. The lowest BCUT2D eigenvalue weighted by atomic mass is 9.44. The van der Waals surface area contributed by atoms with Gasteiger partial charge in [-0.1, -0.05) is 19.9 Å². The molecule has 0 spiro atoms. The van der Waals surface area contributed by atoms with E-state index < -0.39 is 23.1 Å². The number of aromatic hydroxyl groups is 2. The third-order valence-electron chi connectivity index (χ3n) is 7.44. The van der Waals surface area contributed by atoms with Crippen LogP contribution in [0.1, 0.15) is 49.0 Å². The molecule has 3 aliphatic carbocycles. The predicted octanol–water partition coefficient (Wildman–Crippen LogP) is 2.67. The summed E-state index contributed by atoms with van der Waals surface area (Å²) < 4.78 is 5.64. The quantitative estimate of drug-likeness (QED) is 0.468. The van der Waals surface area contributed by atoms with E-state index in [1.54, 1.807) is 6.92 Å². The van der Waals surface area contributed by atoms with Crippen molar-refractivity contribution in [3.63, 3.8) is 0 Å². The number of aliphatic hydroxyl groups is 2. The summed E-state index contributed by atoms with van der Waals surface area (Å²) in [5.41, 5.74) is -0.952. The summed E-state index contributed by atoms with van der Waals surface area (Å²) in [7, 11) is 0. The van der Waals surface area contributed by atoms with Gasteiger partial charge in [0.2, 0.25) is 0 Å². The van der Waals surface area contributed by atoms with Crippen LogP contribution < -0.4 is 0 Å². The van der Waals surface area contributed by atoms with Crippen molar-refractivity contribution in [1.82, 2.24) is 0 Å². The van der Waals surface area contributed by atoms with Crippen LogP contribution in [0.15, 0.2) is 23.8 Å². The predicted molar refractivity (Wildman–Crippen MR) is 102 cm³/mol. The molecule has 1 aromatic rings. The molecule has 2 saturated carbocycles. The van der Waals surface area contributed by atoms with E-state index in [0.717, 1.165) is 18.9 Å². The zero-order valence-corrected chi connectivity index (χ0v) is 16.5. The summed E-state index contributed by atoms with van der Waals surface area (Å²) in [6.45, 7) is 5.56. The zero-order valence-electron chi connectivity index (χ0n) is 16.5. The van der Waals surface area contributed by atoms with Crippen LogP contribution in [0, 0.1) is 30.1 Å². The maximum absolute atomic E-state index is 12.7. The Balaban J connectivity index is 1.64. The average Bonchev–Trinajstić information content (AvgIpc) is 2.97. The second-order valence-corrected chi connectivity index (χ2v) is 9.14. The molecule has 0 radical (unpaired) electrons. The van der Waals surface area contributed by atoms with Gasteiger partial charge in [-0.3, -0.25) is 0 Å². The van der Waals surface area contributed by atoms with Gasteiger partial charge in [-0.05, 0) is 61.1 Å². The van der Waals surface area contributed by atoms with Crippen LogP contribution in [0.5, 0.6) is 11.5 Å². The molecule has 6 atom stereocenters. The van der Waals surface area contributed by atoms with E-state index in [4.69, 9.17) is 4.74 Å². The van der Waals surface area contributed by atoms with Crippen molar-refractivity contribution in [2.24, 2.45) is 23.2 Å². The van der Waals surface area contributed by atoms with Crippen LogP contribution in [0.3, 0.4) is 0 Å². The summed E-state index contributed by atoms with van der Waals surface area (Å²) in [4.78, 5) is 12.7. The first-order valence-corrected chi connectivity index (χ1v) is 9.89. The Morgan fingerprint density at radius 2 is 2.00 bits per heavy atom. The van der Waals surface area contributed by atoms with Crippen molar-refractivity contribution in [1.29, 1.82) is 0 Å². The summed E-state index contributed by atoms with van der Waals surface area (Å²) in [5, 5.41) is 41.2. The van der Waals surface area contributed by atoms with Crippen molar-refractivity contribution in [3.05, 3.63) is 34.9 Å². The van der Waals surface area contributed by atoms with Crippen molar-refractivity contribution in [2.75, 3.05) is 6.61 Å². The molecule has 1 unspecified atom stereocenters. The third kappa shape index (κ3) is 2.44. The molecule has 152 valence electrons. The van der Waals surface area contributed by atoms with Crippen LogP contribution in [-0.4, -0.2) is 44.7 Å². The van der Waals surface area contributed by atoms with E-state index >= 15 is 0 Å². The van der Waals surface area contributed by atoms with E-state index in [1.165, 1.54) is 6.07 Å². The van der Waals surface area contributed by atoms with E-state index in [0.29, 0.717) is 35.3 Å². The average molecular weight is 388 g/mol. The number of phenolic OH excluding ortho intramolecular Hbond substituents is 2. The standard InChI is InChI=1S/C22H28O6/c1-11-4-13-7-14(10-23)22(27)18(9-21(22,3)16(13)5-11)28-20(26)19-12(2)6-15(24)8-17(19)25/h6-8,11,13,16,18,23-25,27H,4-5,9-10H2,1-3H3/t11-,13+,16?,18-,21-,22+/m1/s1. The topological polar surface area (TPSA) is 107 Å². The van der Waals surface area contributed by atoms with E-state index in [2.05, 4.69) is 6.92 Å². The van der Waals surface area contributed by atoms with E-state index in [1.807, 2.05) is 13.0 Å². The van der Waals surface area contributed by atoms with Gasteiger partial charge < -0.3 is 25.2 Å². The number of hydrogen-bond acceptors (Lipinski definition) is 6. The Labute approximate surface area is 164 Å². The fourth-order valence-electron chi connectivity index (χ4n) is 6.07. The first kappa shape index (κ1) is 19.3. The monoisotopic (exact) mass is 388 g/mol. The largest absolute Gasteiger partial charge is 0.508 e. The lowest BCUT2D eigenvalue weighted by Gasteiger charge is -2.65. The van der Waals surface area contributed by atoms with Gasteiger partial charge in [0.25, 0.3) is 0 Å². The first-order valence-electron chi connectivity index (χ1n) is 9.89. The van der Waals surface area contributed by atoms with Gasteiger partial charge in [-0.15, -0.1) is 0 Å². The van der Waals surface area contributed by atoms with Crippen molar-refractivity contribution >= 4 is 5.97 Å². The number of ether oxygens (including phenoxy) is 1. The molecule has 4 N–H and O–H groups in total. The summed E-state index contributed by atoms with van der Waals surface area (Å²) in [5.74, 6) is -0.0503. The third-order valence-corrected chi connectivity index (χ3v) is 7.44. The van der Waals surface area contributed by atoms with Gasteiger partial charge in [-0.2, -0.15) is 0 Å². The number of rotatable bonds is 3. The van der Waals surface area contributed by atoms with Gasteiger partial charge in [0.05, 0.1) is 6.61 Å². The highest BCUT2D eigenvalue weighted by atomic mass is 16.6. The molecule has 4 rings (SSSR count). The van der Waals surface area contributed by atoms with Crippen LogP contribution in [0.4, 0.5) is 0 Å². The maximum atomic E-state index is 12.7. The van der Waals surface area contributed by atoms with Gasteiger partial charge in [-0.25, -0.2) is 4.79 Å². The van der Waals surface area contributed by atoms with Gasteiger partial charge in [0.15, 0.2) is 0 Å². The van der Waals surface area contributed by atoms with Gasteiger partial charge >= 0.3 is 5.97 Å². The molecule has 6 heteroatoms. The Morgan fingerprint density at radius 3 is 2.64 bits per heavy atom. The van der Waals surface area contributed by atoms with E-state index in [9.17, 15) is 25.2 Å². The zero-order chi connectivity index (χ0) is 20.4. The molecule has 3 aliphatic rings. The summed E-state index contributed by atoms with van der Waals surface area (Å²) in [6, 6.07) is 2.47. The number of allylic oxidation sites excluding steroid dienone is 1. The van der Waals surface area contributed by atoms with Crippen LogP contribution in [0.25, 0.3) is 0 Å². The minimum absolute atomic E-state index is 0.0206. The Bertz CT molecular complexity index is 838. The minimum Gasteiger partial charge on any atom is -0.508 e. The molecule has 0 aromatic heterocycles.